The molecule has 0 aromatic carbocycles. The predicted octanol–water partition coefficient (Wildman–Crippen LogP) is 3.21. The molecule has 2 atom stereocenters. The average Bonchev–Trinajstić information content (AvgIpc) is 2.22. The molecule has 0 heterocycles. The SMILES string of the molecule is CCN(CC)[C@@H](C(=O)C(C)C(C)C)C(C)C. The minimum absolute atomic E-state index is 0.0902. The topological polar surface area (TPSA) is 20.3 Å². The summed E-state index contributed by atoms with van der Waals surface area (Å²) < 4.78 is 0. The van der Waals surface area contributed by atoms with Crippen LogP contribution in [0.1, 0.15) is 48.5 Å². The molecule has 0 saturated heterocycles. The van der Waals surface area contributed by atoms with Crippen molar-refractivity contribution < 1.29 is 4.79 Å². The highest BCUT2D eigenvalue weighted by Crippen LogP contribution is 2.20. The zero-order valence-corrected chi connectivity index (χ0v) is 12.1. The van der Waals surface area contributed by atoms with Crippen molar-refractivity contribution in [3.05, 3.63) is 0 Å². The molecule has 0 aromatic heterocycles. The number of ketones is 1. The molecule has 0 amide bonds. The average molecular weight is 227 g/mol. The fourth-order valence-corrected chi connectivity index (χ4v) is 2.14. The molecule has 0 bridgehead atoms. The van der Waals surface area contributed by atoms with Crippen molar-refractivity contribution in [2.45, 2.75) is 54.5 Å². The molecule has 0 radical (unpaired) electrons. The molecule has 2 heteroatoms. The molecule has 0 fully saturated rings. The van der Waals surface area contributed by atoms with E-state index in [1.54, 1.807) is 0 Å². The van der Waals surface area contributed by atoms with Crippen molar-refractivity contribution in [3.63, 3.8) is 0 Å². The number of carbonyl (C=O) groups is 1. The maximum atomic E-state index is 12.4. The van der Waals surface area contributed by atoms with Crippen molar-refractivity contribution in [1.29, 1.82) is 0 Å². The van der Waals surface area contributed by atoms with E-state index in [4.69, 9.17) is 0 Å². The molecule has 0 spiro atoms. The van der Waals surface area contributed by atoms with E-state index in [0.717, 1.165) is 13.1 Å². The Morgan fingerprint density at radius 2 is 1.38 bits per heavy atom. The fourth-order valence-electron chi connectivity index (χ4n) is 2.14. The third-order valence-electron chi connectivity index (χ3n) is 3.58. The number of carbonyl (C=O) groups excluding carboxylic acids is 1. The molecular weight excluding hydrogens is 198 g/mol. The Hall–Kier alpha value is -0.370. The van der Waals surface area contributed by atoms with Crippen LogP contribution in [0.4, 0.5) is 0 Å². The molecule has 0 aromatic rings. The molecule has 0 aliphatic rings. The maximum Gasteiger partial charge on any atom is 0.153 e. The lowest BCUT2D eigenvalue weighted by atomic mass is 9.85. The Morgan fingerprint density at radius 1 is 0.938 bits per heavy atom. The van der Waals surface area contributed by atoms with Gasteiger partial charge in [0.2, 0.25) is 0 Å². The first-order valence-corrected chi connectivity index (χ1v) is 6.64. The van der Waals surface area contributed by atoms with Crippen molar-refractivity contribution in [1.82, 2.24) is 4.90 Å². The third-order valence-corrected chi connectivity index (χ3v) is 3.58. The van der Waals surface area contributed by atoms with Crippen molar-refractivity contribution in [3.8, 4) is 0 Å². The van der Waals surface area contributed by atoms with Crippen LogP contribution in [0.25, 0.3) is 0 Å². The first-order chi connectivity index (χ1) is 7.36. The van der Waals surface area contributed by atoms with E-state index < -0.39 is 0 Å². The summed E-state index contributed by atoms with van der Waals surface area (Å²) in [5, 5.41) is 0. The largest absolute Gasteiger partial charge is 0.298 e. The van der Waals surface area contributed by atoms with Gasteiger partial charge in [0.15, 0.2) is 5.78 Å². The molecule has 0 aliphatic heterocycles. The minimum atomic E-state index is 0.0902. The molecule has 96 valence electrons. The Morgan fingerprint density at radius 3 is 1.62 bits per heavy atom. The van der Waals surface area contributed by atoms with E-state index >= 15 is 0 Å². The van der Waals surface area contributed by atoms with Crippen LogP contribution in [0.15, 0.2) is 0 Å². The van der Waals surface area contributed by atoms with Crippen LogP contribution in [0.3, 0.4) is 0 Å². The predicted molar refractivity (Wildman–Crippen MR) is 70.6 cm³/mol. The number of nitrogens with zero attached hydrogens (tertiary/aromatic N) is 1. The van der Waals surface area contributed by atoms with Gasteiger partial charge >= 0.3 is 0 Å². The third kappa shape index (κ3) is 3.89. The highest BCUT2D eigenvalue weighted by molar-refractivity contribution is 5.86. The monoisotopic (exact) mass is 227 g/mol. The molecule has 2 nitrogen and oxygen atoms in total. The lowest BCUT2D eigenvalue weighted by Gasteiger charge is -2.34. The summed E-state index contributed by atoms with van der Waals surface area (Å²) in [6.07, 6.45) is 0. The molecule has 0 aliphatic carbocycles. The molecular formula is C14H29NO. The second kappa shape index (κ2) is 7.05. The van der Waals surface area contributed by atoms with Crippen LogP contribution < -0.4 is 0 Å². The van der Waals surface area contributed by atoms with Crippen molar-refractivity contribution in [2.75, 3.05) is 13.1 Å². The number of rotatable bonds is 7. The Bertz CT molecular complexity index is 207. The van der Waals surface area contributed by atoms with E-state index in [9.17, 15) is 4.79 Å². The second-order valence-electron chi connectivity index (χ2n) is 5.35. The summed E-state index contributed by atoms with van der Waals surface area (Å²) in [6, 6.07) is 0.0902. The van der Waals surface area contributed by atoms with E-state index in [1.165, 1.54) is 0 Å². The van der Waals surface area contributed by atoms with Gasteiger partial charge in [-0.05, 0) is 24.9 Å². The van der Waals surface area contributed by atoms with Gasteiger partial charge in [-0.15, -0.1) is 0 Å². The lowest BCUT2D eigenvalue weighted by Crippen LogP contribution is -2.47. The Labute approximate surface area is 101 Å². The van der Waals surface area contributed by atoms with E-state index in [-0.39, 0.29) is 12.0 Å². The summed E-state index contributed by atoms with van der Waals surface area (Å²) in [6.45, 7) is 16.8. The summed E-state index contributed by atoms with van der Waals surface area (Å²) >= 11 is 0. The van der Waals surface area contributed by atoms with Gasteiger partial charge in [-0.25, -0.2) is 0 Å². The van der Waals surface area contributed by atoms with E-state index in [0.29, 0.717) is 17.6 Å². The quantitative estimate of drug-likeness (QED) is 0.665. The normalized spacial score (nSPS) is 15.9. The highest BCUT2D eigenvalue weighted by atomic mass is 16.1. The summed E-state index contributed by atoms with van der Waals surface area (Å²) in [5.74, 6) is 1.40. The van der Waals surface area contributed by atoms with Gasteiger partial charge in [-0.1, -0.05) is 48.5 Å². The van der Waals surface area contributed by atoms with Gasteiger partial charge < -0.3 is 0 Å². The van der Waals surface area contributed by atoms with Gasteiger partial charge in [0, 0.05) is 5.92 Å². The van der Waals surface area contributed by atoms with Crippen molar-refractivity contribution in [2.24, 2.45) is 17.8 Å². The zero-order chi connectivity index (χ0) is 12.9. The van der Waals surface area contributed by atoms with E-state index in [1.807, 2.05) is 0 Å². The molecule has 16 heavy (non-hydrogen) atoms. The van der Waals surface area contributed by atoms with Gasteiger partial charge in [0.1, 0.15) is 0 Å². The van der Waals surface area contributed by atoms with Crippen molar-refractivity contribution >= 4 is 5.78 Å². The lowest BCUT2D eigenvalue weighted by molar-refractivity contribution is -0.130. The molecule has 1 unspecified atom stereocenters. The van der Waals surface area contributed by atoms with E-state index in [2.05, 4.69) is 53.4 Å². The maximum absolute atomic E-state index is 12.4. The fraction of sp³-hybridized carbons (Fsp3) is 0.929. The second-order valence-corrected chi connectivity index (χ2v) is 5.35. The van der Waals surface area contributed by atoms with Crippen LogP contribution in [-0.4, -0.2) is 29.8 Å². The minimum Gasteiger partial charge on any atom is -0.298 e. The van der Waals surface area contributed by atoms with Crippen LogP contribution in [-0.2, 0) is 4.79 Å². The Kier molecular flexibility index (Phi) is 6.89. The standard InChI is InChI=1S/C14H29NO/c1-8-15(9-2)13(11(5)6)14(16)12(7)10(3)4/h10-13H,8-9H2,1-7H3/t12?,13-/m1/s1. The number of hydrogen-bond donors (Lipinski definition) is 0. The van der Waals surface area contributed by atoms with Crippen LogP contribution in [0.2, 0.25) is 0 Å². The van der Waals surface area contributed by atoms with Gasteiger partial charge in [0.05, 0.1) is 6.04 Å². The highest BCUT2D eigenvalue weighted by Gasteiger charge is 2.31. The van der Waals surface area contributed by atoms with Gasteiger partial charge in [-0.2, -0.15) is 0 Å². The molecule has 0 rings (SSSR count). The first kappa shape index (κ1) is 15.6. The smallest absolute Gasteiger partial charge is 0.153 e. The zero-order valence-electron chi connectivity index (χ0n) is 12.1. The number of Topliss-reactive ketones (excluding diaryl/α,β-unsaturated/α-hetero) is 1. The summed E-state index contributed by atoms with van der Waals surface area (Å²) in [7, 11) is 0. The first-order valence-electron chi connectivity index (χ1n) is 6.64. The summed E-state index contributed by atoms with van der Waals surface area (Å²) in [5.41, 5.74) is 0. The van der Waals surface area contributed by atoms with Gasteiger partial charge in [0.25, 0.3) is 0 Å². The molecule has 0 saturated carbocycles. The number of likely N-dealkylation sites (N-methyl/N-ethyl adjacent to an activating group) is 1. The van der Waals surface area contributed by atoms with Gasteiger partial charge in [-0.3, -0.25) is 9.69 Å². The Balaban J connectivity index is 4.84. The van der Waals surface area contributed by atoms with Crippen LogP contribution in [0.5, 0.6) is 0 Å². The van der Waals surface area contributed by atoms with Crippen LogP contribution in [0, 0.1) is 17.8 Å². The summed E-state index contributed by atoms with van der Waals surface area (Å²) in [4.78, 5) is 14.7. The molecule has 0 N–H and O–H groups in total. The van der Waals surface area contributed by atoms with Crippen LogP contribution >= 0.6 is 0 Å². The number of hydrogen-bond acceptors (Lipinski definition) is 2.